The Morgan fingerprint density at radius 2 is 1.19 bits per heavy atom. The Kier molecular flexibility index (Phi) is 12.8. The van der Waals surface area contributed by atoms with Crippen LogP contribution in [0.15, 0.2) is 0 Å². The summed E-state index contributed by atoms with van der Waals surface area (Å²) in [6.45, 7) is -0.228. The van der Waals surface area contributed by atoms with Crippen molar-refractivity contribution in [1.29, 1.82) is 0 Å². The third-order valence-electron chi connectivity index (χ3n) is 2.29. The second-order valence-corrected chi connectivity index (χ2v) is 5.38. The van der Waals surface area contributed by atoms with Crippen LogP contribution in [0.3, 0.4) is 0 Å². The zero-order chi connectivity index (χ0) is 11.6. The molecule has 0 aromatic rings. The van der Waals surface area contributed by atoms with E-state index in [1.165, 1.54) is 0 Å². The van der Waals surface area contributed by atoms with Crippen LogP contribution in [0, 0.1) is 0 Å². The van der Waals surface area contributed by atoms with Gasteiger partial charge in [-0.2, -0.15) is 8.42 Å². The fourth-order valence-electron chi connectivity index (χ4n) is 1.44. The number of alkyl halides is 1. The van der Waals surface area contributed by atoms with Gasteiger partial charge in [-0.15, -0.1) is 0 Å². The predicted octanol–water partition coefficient (Wildman–Crippen LogP) is 3.13. The van der Waals surface area contributed by atoms with Gasteiger partial charge in [-0.1, -0.05) is 38.5 Å². The number of unbranched alkanes of at least 4 members (excludes halogenated alkanes) is 7. The van der Waals surface area contributed by atoms with Crippen LogP contribution >= 0.6 is 0 Å². The minimum atomic E-state index is -3.77. The molecule has 0 radical (unpaired) electrons. The van der Waals surface area contributed by atoms with Crippen LogP contribution in [-0.2, 0) is 10.1 Å². The van der Waals surface area contributed by atoms with E-state index in [0.717, 1.165) is 38.5 Å². The lowest BCUT2D eigenvalue weighted by Gasteiger charge is -2.00. The molecular weight excluding hydrogens is 233 g/mol. The number of hydrogen-bond acceptors (Lipinski definition) is 3. The van der Waals surface area contributed by atoms with Gasteiger partial charge in [0, 0.05) is 0 Å². The van der Waals surface area contributed by atoms with Gasteiger partial charge >= 0.3 is 0 Å². The highest BCUT2D eigenvalue weighted by molar-refractivity contribution is 7.85. The first kappa shape index (κ1) is 18.2. The molecule has 0 unspecified atom stereocenters. The molecule has 0 bridgehead atoms. The highest BCUT2D eigenvalue weighted by atomic mass is 32.2. The van der Waals surface area contributed by atoms with E-state index < -0.39 is 10.1 Å². The van der Waals surface area contributed by atoms with Crippen LogP contribution < -0.4 is 6.15 Å². The second kappa shape index (κ2) is 11.3. The minimum Gasteiger partial charge on any atom is -0.344 e. The summed E-state index contributed by atoms with van der Waals surface area (Å²) in [5, 5.41) is 0. The average molecular weight is 257 g/mol. The van der Waals surface area contributed by atoms with Crippen molar-refractivity contribution >= 4 is 10.1 Å². The molecule has 0 aromatic carbocycles. The summed E-state index contributed by atoms with van der Waals surface area (Å²) >= 11 is 0. The van der Waals surface area contributed by atoms with E-state index in [4.69, 9.17) is 4.55 Å². The molecule has 0 spiro atoms. The van der Waals surface area contributed by atoms with Crippen molar-refractivity contribution in [3.63, 3.8) is 0 Å². The molecule has 0 heterocycles. The quantitative estimate of drug-likeness (QED) is 0.465. The first-order chi connectivity index (χ1) is 7.06. The van der Waals surface area contributed by atoms with E-state index in [-0.39, 0.29) is 18.6 Å². The smallest absolute Gasteiger partial charge is 0.264 e. The van der Waals surface area contributed by atoms with E-state index >= 15 is 0 Å². The normalized spacial score (nSPS) is 11.1. The van der Waals surface area contributed by atoms with Crippen molar-refractivity contribution in [2.45, 2.75) is 51.4 Å². The van der Waals surface area contributed by atoms with Gasteiger partial charge in [-0.25, -0.2) is 0 Å². The molecule has 0 saturated heterocycles. The SMILES string of the molecule is N.O=S(=O)(O)CCCCCCCCCCF. The molecule has 0 saturated carbocycles. The second-order valence-electron chi connectivity index (χ2n) is 3.80. The lowest BCUT2D eigenvalue weighted by molar-refractivity contribution is 0.449. The Morgan fingerprint density at radius 1 is 0.812 bits per heavy atom. The number of halogens is 1. The van der Waals surface area contributed by atoms with Crippen molar-refractivity contribution in [3.8, 4) is 0 Å². The van der Waals surface area contributed by atoms with Crippen LogP contribution in [0.4, 0.5) is 4.39 Å². The molecule has 4 N–H and O–H groups in total. The molecule has 0 aliphatic carbocycles. The fraction of sp³-hybridized carbons (Fsp3) is 1.00. The molecule has 0 rings (SSSR count). The van der Waals surface area contributed by atoms with E-state index in [0.29, 0.717) is 12.8 Å². The third-order valence-corrected chi connectivity index (χ3v) is 3.09. The van der Waals surface area contributed by atoms with Crippen molar-refractivity contribution < 1.29 is 17.4 Å². The van der Waals surface area contributed by atoms with Gasteiger partial charge in [0.25, 0.3) is 10.1 Å². The maximum atomic E-state index is 11.7. The molecule has 0 aliphatic rings. The van der Waals surface area contributed by atoms with Crippen molar-refractivity contribution in [2.75, 3.05) is 12.4 Å². The molecule has 6 heteroatoms. The van der Waals surface area contributed by atoms with Crippen LogP contribution in [0.1, 0.15) is 51.4 Å². The zero-order valence-corrected chi connectivity index (χ0v) is 10.6. The molecule has 0 fully saturated rings. The molecule has 4 nitrogen and oxygen atoms in total. The van der Waals surface area contributed by atoms with Gasteiger partial charge in [-0.3, -0.25) is 8.94 Å². The Bertz CT molecular complexity index is 232. The Labute approximate surface area is 98.0 Å². The van der Waals surface area contributed by atoms with Crippen molar-refractivity contribution in [1.82, 2.24) is 6.15 Å². The Hall–Kier alpha value is -0.200. The summed E-state index contributed by atoms with van der Waals surface area (Å²) in [7, 11) is -3.77. The molecule has 16 heavy (non-hydrogen) atoms. The van der Waals surface area contributed by atoms with E-state index in [2.05, 4.69) is 0 Å². The largest absolute Gasteiger partial charge is 0.344 e. The maximum absolute atomic E-state index is 11.7. The summed E-state index contributed by atoms with van der Waals surface area (Å²) < 4.78 is 40.9. The molecule has 0 aliphatic heterocycles. The Balaban J connectivity index is 0. The molecular formula is C10H24FNO3S. The van der Waals surface area contributed by atoms with Gasteiger partial charge in [0.05, 0.1) is 12.4 Å². The van der Waals surface area contributed by atoms with Crippen LogP contribution in [0.25, 0.3) is 0 Å². The molecule has 0 atom stereocenters. The lowest BCUT2D eigenvalue weighted by atomic mass is 10.1. The number of hydrogen-bond donors (Lipinski definition) is 2. The minimum absolute atomic E-state index is 0. The van der Waals surface area contributed by atoms with Gasteiger partial charge in [-0.05, 0) is 12.8 Å². The molecule has 100 valence electrons. The first-order valence-electron chi connectivity index (χ1n) is 5.57. The maximum Gasteiger partial charge on any atom is 0.264 e. The zero-order valence-electron chi connectivity index (χ0n) is 9.83. The topological polar surface area (TPSA) is 89.4 Å². The van der Waals surface area contributed by atoms with Gasteiger partial charge in [0.1, 0.15) is 0 Å². The van der Waals surface area contributed by atoms with Crippen LogP contribution in [0.2, 0.25) is 0 Å². The predicted molar refractivity (Wildman–Crippen MR) is 64.3 cm³/mol. The summed E-state index contributed by atoms with van der Waals surface area (Å²) in [5.41, 5.74) is 0. The highest BCUT2D eigenvalue weighted by Crippen LogP contribution is 2.09. The molecule has 0 amide bonds. The average Bonchev–Trinajstić information content (AvgIpc) is 2.14. The number of rotatable bonds is 10. The van der Waals surface area contributed by atoms with Gasteiger partial charge in [0.2, 0.25) is 0 Å². The third kappa shape index (κ3) is 16.2. The lowest BCUT2D eigenvalue weighted by Crippen LogP contribution is -2.03. The van der Waals surface area contributed by atoms with E-state index in [1.807, 2.05) is 0 Å². The standard InChI is InChI=1S/C10H21FO3S.H3N/c11-9-7-5-3-1-2-4-6-8-10-15(12,13)14;/h1-10H2,(H,12,13,14);1H3. The first-order valence-corrected chi connectivity index (χ1v) is 7.18. The summed E-state index contributed by atoms with van der Waals surface area (Å²) in [6, 6.07) is 0. The van der Waals surface area contributed by atoms with Crippen molar-refractivity contribution in [3.05, 3.63) is 0 Å². The molecule has 0 aromatic heterocycles. The van der Waals surface area contributed by atoms with Crippen LogP contribution in [-0.4, -0.2) is 25.4 Å². The monoisotopic (exact) mass is 257 g/mol. The summed E-state index contributed by atoms with van der Waals surface area (Å²) in [5.74, 6) is -0.130. The van der Waals surface area contributed by atoms with E-state index in [1.54, 1.807) is 0 Å². The van der Waals surface area contributed by atoms with Crippen LogP contribution in [0.5, 0.6) is 0 Å². The Morgan fingerprint density at radius 3 is 1.56 bits per heavy atom. The van der Waals surface area contributed by atoms with Crippen molar-refractivity contribution in [2.24, 2.45) is 0 Å². The fourth-order valence-corrected chi connectivity index (χ4v) is 2.01. The summed E-state index contributed by atoms with van der Waals surface area (Å²) in [6.07, 6.45) is 7.17. The van der Waals surface area contributed by atoms with E-state index in [9.17, 15) is 12.8 Å². The van der Waals surface area contributed by atoms with Gasteiger partial charge < -0.3 is 6.15 Å². The van der Waals surface area contributed by atoms with Gasteiger partial charge in [0.15, 0.2) is 0 Å². The summed E-state index contributed by atoms with van der Waals surface area (Å²) in [4.78, 5) is 0. The highest BCUT2D eigenvalue weighted by Gasteiger charge is 2.02.